The Morgan fingerprint density at radius 1 is 1.29 bits per heavy atom. The number of anilines is 1. The van der Waals surface area contributed by atoms with Crippen molar-refractivity contribution in [3.05, 3.63) is 6.20 Å². The van der Waals surface area contributed by atoms with E-state index in [1.807, 2.05) is 11.6 Å². The van der Waals surface area contributed by atoms with Gasteiger partial charge in [-0.1, -0.05) is 0 Å². The molecule has 2 aromatic rings. The summed E-state index contributed by atoms with van der Waals surface area (Å²) in [4.78, 5) is 1.49. The van der Waals surface area contributed by atoms with Crippen molar-refractivity contribution in [1.82, 2.24) is 29.8 Å². The lowest BCUT2D eigenvalue weighted by Crippen LogP contribution is -2.00. The molecule has 2 aromatic heterocycles. The maximum absolute atomic E-state index is 4.14. The summed E-state index contributed by atoms with van der Waals surface area (Å²) in [5, 5.41) is 19.0. The van der Waals surface area contributed by atoms with Gasteiger partial charge in [-0.15, -0.1) is 10.2 Å². The van der Waals surface area contributed by atoms with E-state index in [-0.39, 0.29) is 0 Å². The zero-order valence-corrected chi connectivity index (χ0v) is 8.26. The molecule has 0 aliphatic carbocycles. The first-order valence-corrected chi connectivity index (χ1v) is 4.16. The van der Waals surface area contributed by atoms with Crippen LogP contribution in [0.3, 0.4) is 0 Å². The van der Waals surface area contributed by atoms with E-state index < -0.39 is 0 Å². The fraction of sp³-hybridized carbons (Fsp3) is 0.429. The Balaban J connectivity index is 2.46. The number of hydrogen-bond donors (Lipinski definition) is 1. The Morgan fingerprint density at radius 2 is 2.07 bits per heavy atom. The third-order valence-electron chi connectivity index (χ3n) is 1.93. The van der Waals surface area contributed by atoms with Crippen LogP contribution in [0.1, 0.15) is 0 Å². The monoisotopic (exact) mass is 193 g/mol. The second kappa shape index (κ2) is 3.09. The van der Waals surface area contributed by atoms with Crippen LogP contribution in [0.25, 0.3) is 11.5 Å². The topological polar surface area (TPSA) is 73.5 Å². The van der Waals surface area contributed by atoms with Gasteiger partial charge in [-0.05, 0) is 0 Å². The lowest BCUT2D eigenvalue weighted by Gasteiger charge is -1.99. The van der Waals surface area contributed by atoms with E-state index in [9.17, 15) is 0 Å². The highest BCUT2D eigenvalue weighted by atomic mass is 15.5. The van der Waals surface area contributed by atoms with Gasteiger partial charge >= 0.3 is 0 Å². The average molecular weight is 193 g/mol. The summed E-state index contributed by atoms with van der Waals surface area (Å²) in [6, 6.07) is 0. The molecule has 2 rings (SSSR count). The van der Waals surface area contributed by atoms with Crippen molar-refractivity contribution in [3.8, 4) is 11.5 Å². The zero-order chi connectivity index (χ0) is 10.1. The molecule has 7 nitrogen and oxygen atoms in total. The summed E-state index contributed by atoms with van der Waals surface area (Å²) < 4.78 is 1.82. The molecule has 0 aliphatic rings. The van der Waals surface area contributed by atoms with Gasteiger partial charge < -0.3 is 5.32 Å². The number of nitrogens with one attached hydrogen (secondary N) is 1. The van der Waals surface area contributed by atoms with E-state index in [2.05, 4.69) is 25.7 Å². The van der Waals surface area contributed by atoms with Crippen molar-refractivity contribution in [1.29, 1.82) is 0 Å². The number of nitrogens with zero attached hydrogens (tertiary/aromatic N) is 6. The Labute approximate surface area is 80.8 Å². The van der Waals surface area contributed by atoms with Crippen molar-refractivity contribution < 1.29 is 0 Å². The van der Waals surface area contributed by atoms with Gasteiger partial charge in [-0.2, -0.15) is 15.0 Å². The molecule has 7 heteroatoms. The molecule has 0 aromatic carbocycles. The Morgan fingerprint density at radius 3 is 2.57 bits per heavy atom. The highest BCUT2D eigenvalue weighted by Gasteiger charge is 2.11. The van der Waals surface area contributed by atoms with E-state index in [0.717, 1.165) is 0 Å². The normalized spacial score (nSPS) is 10.5. The van der Waals surface area contributed by atoms with Crippen LogP contribution in [0.4, 0.5) is 5.95 Å². The third-order valence-corrected chi connectivity index (χ3v) is 1.93. The Hall–Kier alpha value is -1.92. The number of aryl methyl sites for hydroxylation is 1. The molecule has 0 amide bonds. The van der Waals surface area contributed by atoms with Crippen LogP contribution in [0, 0.1) is 0 Å². The molecule has 0 radical (unpaired) electrons. The SMILES string of the molecule is CNc1nnc(-c2cnn(C)n2)n1C. The van der Waals surface area contributed by atoms with E-state index in [0.29, 0.717) is 17.5 Å². The molecule has 0 unspecified atom stereocenters. The zero-order valence-electron chi connectivity index (χ0n) is 8.26. The molecule has 0 fully saturated rings. The molecule has 0 aliphatic heterocycles. The van der Waals surface area contributed by atoms with Gasteiger partial charge in [0, 0.05) is 21.1 Å². The minimum Gasteiger partial charge on any atom is -0.357 e. The Bertz CT molecular complexity index is 441. The molecule has 0 saturated carbocycles. The average Bonchev–Trinajstić information content (AvgIpc) is 2.72. The second-order valence-electron chi connectivity index (χ2n) is 2.88. The highest BCUT2D eigenvalue weighted by molar-refractivity contribution is 5.50. The fourth-order valence-corrected chi connectivity index (χ4v) is 1.22. The van der Waals surface area contributed by atoms with Crippen LogP contribution < -0.4 is 5.32 Å². The summed E-state index contributed by atoms with van der Waals surface area (Å²) in [6.45, 7) is 0. The molecule has 2 heterocycles. The largest absolute Gasteiger partial charge is 0.357 e. The lowest BCUT2D eigenvalue weighted by atomic mass is 10.4. The molecule has 14 heavy (non-hydrogen) atoms. The van der Waals surface area contributed by atoms with Gasteiger partial charge in [0.15, 0.2) is 11.5 Å². The molecule has 0 saturated heterocycles. The predicted molar refractivity (Wildman–Crippen MR) is 50.5 cm³/mol. The first kappa shape index (κ1) is 8.67. The van der Waals surface area contributed by atoms with Crippen molar-refractivity contribution in [2.45, 2.75) is 0 Å². The Kier molecular flexibility index (Phi) is 1.91. The molecule has 0 spiro atoms. The van der Waals surface area contributed by atoms with Crippen molar-refractivity contribution >= 4 is 5.95 Å². The molecule has 0 bridgehead atoms. The summed E-state index contributed by atoms with van der Waals surface area (Å²) in [6.07, 6.45) is 1.66. The molecular weight excluding hydrogens is 182 g/mol. The van der Waals surface area contributed by atoms with Crippen molar-refractivity contribution in [2.75, 3.05) is 12.4 Å². The highest BCUT2D eigenvalue weighted by Crippen LogP contribution is 2.14. The standard InChI is InChI=1S/C7H11N7/c1-8-7-11-10-6(13(7)2)5-4-9-14(3)12-5/h4H,1-3H3,(H,8,11). The summed E-state index contributed by atoms with van der Waals surface area (Å²) in [7, 11) is 5.43. The van der Waals surface area contributed by atoms with Crippen LogP contribution in [0.5, 0.6) is 0 Å². The summed E-state index contributed by atoms with van der Waals surface area (Å²) in [5.41, 5.74) is 0.712. The second-order valence-corrected chi connectivity index (χ2v) is 2.88. The minimum atomic E-state index is 0.697. The molecule has 74 valence electrons. The first-order chi connectivity index (χ1) is 6.72. The first-order valence-electron chi connectivity index (χ1n) is 4.16. The lowest BCUT2D eigenvalue weighted by molar-refractivity contribution is 0.654. The summed E-state index contributed by atoms with van der Waals surface area (Å²) >= 11 is 0. The summed E-state index contributed by atoms with van der Waals surface area (Å²) in [5.74, 6) is 1.40. The van der Waals surface area contributed by atoms with Crippen LogP contribution in [-0.2, 0) is 14.1 Å². The molecular formula is C7H11N7. The quantitative estimate of drug-likeness (QED) is 0.705. The minimum absolute atomic E-state index is 0.697. The van der Waals surface area contributed by atoms with Gasteiger partial charge in [-0.3, -0.25) is 4.57 Å². The maximum Gasteiger partial charge on any atom is 0.224 e. The third kappa shape index (κ3) is 1.22. The number of aromatic nitrogens is 6. The van der Waals surface area contributed by atoms with Crippen LogP contribution in [0.2, 0.25) is 0 Å². The van der Waals surface area contributed by atoms with Crippen LogP contribution >= 0.6 is 0 Å². The fourth-order valence-electron chi connectivity index (χ4n) is 1.22. The van der Waals surface area contributed by atoms with E-state index in [4.69, 9.17) is 0 Å². The van der Waals surface area contributed by atoms with Crippen LogP contribution in [-0.4, -0.2) is 36.8 Å². The van der Waals surface area contributed by atoms with Gasteiger partial charge in [0.25, 0.3) is 0 Å². The van der Waals surface area contributed by atoms with E-state index >= 15 is 0 Å². The van der Waals surface area contributed by atoms with E-state index in [1.165, 1.54) is 4.80 Å². The smallest absolute Gasteiger partial charge is 0.224 e. The van der Waals surface area contributed by atoms with Crippen molar-refractivity contribution in [3.63, 3.8) is 0 Å². The number of rotatable bonds is 2. The van der Waals surface area contributed by atoms with Crippen molar-refractivity contribution in [2.24, 2.45) is 14.1 Å². The van der Waals surface area contributed by atoms with Gasteiger partial charge in [0.05, 0.1) is 6.20 Å². The molecule has 0 atom stereocenters. The number of hydrogen-bond acceptors (Lipinski definition) is 5. The van der Waals surface area contributed by atoms with Gasteiger partial charge in [-0.25, -0.2) is 0 Å². The van der Waals surface area contributed by atoms with Gasteiger partial charge in [0.2, 0.25) is 5.95 Å². The maximum atomic E-state index is 4.14. The predicted octanol–water partition coefficient (Wildman–Crippen LogP) is -0.348. The molecule has 1 N–H and O–H groups in total. The van der Waals surface area contributed by atoms with E-state index in [1.54, 1.807) is 20.3 Å². The van der Waals surface area contributed by atoms with Crippen LogP contribution in [0.15, 0.2) is 6.20 Å². The van der Waals surface area contributed by atoms with Gasteiger partial charge in [0.1, 0.15) is 0 Å².